The molecule has 4 rings (SSSR count). The molecule has 1 saturated heterocycles. The van der Waals surface area contributed by atoms with Gasteiger partial charge in [-0.3, -0.25) is 9.69 Å². The van der Waals surface area contributed by atoms with Gasteiger partial charge < -0.3 is 15.3 Å². The first-order chi connectivity index (χ1) is 12.0. The number of nitrogens with two attached hydrogens (primary N) is 1. The summed E-state index contributed by atoms with van der Waals surface area (Å²) in [5.74, 6) is -1.41. The topological polar surface area (TPSA) is 110 Å². The number of hydrogen-bond donors (Lipinski definition) is 2. The Hall–Kier alpha value is -3.35. The van der Waals surface area contributed by atoms with Gasteiger partial charge in [-0.05, 0) is 30.2 Å². The fraction of sp³-hybridized carbons (Fsp3) is 0.167. The van der Waals surface area contributed by atoms with Crippen LogP contribution in [0.1, 0.15) is 5.56 Å². The van der Waals surface area contributed by atoms with Gasteiger partial charge in [0.05, 0.1) is 5.92 Å². The molecule has 126 valence electrons. The number of β-lactam (4-membered cyclic amide) rings is 1. The number of nitrogen functional groups attached to an aromatic ring is 1. The van der Waals surface area contributed by atoms with Crippen LogP contribution in [0.5, 0.6) is 0 Å². The van der Waals surface area contributed by atoms with Gasteiger partial charge in [0, 0.05) is 17.6 Å². The van der Waals surface area contributed by atoms with Crippen LogP contribution in [0.4, 0.5) is 11.7 Å². The number of amides is 1. The molecule has 0 radical (unpaired) electrons. The number of aromatic nitrogens is 1. The van der Waals surface area contributed by atoms with E-state index in [0.717, 1.165) is 10.9 Å². The maximum Gasteiger partial charge on any atom is 0.327 e. The van der Waals surface area contributed by atoms with Crippen molar-refractivity contribution in [3.8, 4) is 0 Å². The molecular weight excluding hydrogens is 322 g/mol. The minimum Gasteiger partial charge on any atom is -0.480 e. The lowest BCUT2D eigenvalue weighted by molar-refractivity contribution is -0.149. The van der Waals surface area contributed by atoms with E-state index in [9.17, 15) is 14.7 Å². The molecule has 1 aliphatic rings. The van der Waals surface area contributed by atoms with Crippen LogP contribution in [-0.2, 0) is 16.0 Å². The highest BCUT2D eigenvalue weighted by Gasteiger charge is 2.53. The number of pyridine rings is 1. The van der Waals surface area contributed by atoms with Gasteiger partial charge >= 0.3 is 5.97 Å². The summed E-state index contributed by atoms with van der Waals surface area (Å²) in [6, 6.07) is 11.4. The number of carboxylic acids is 1. The number of aliphatic carboxylic acids is 1. The Morgan fingerprint density at radius 2 is 2.08 bits per heavy atom. The van der Waals surface area contributed by atoms with E-state index in [2.05, 4.69) is 4.98 Å². The second-order valence-electron chi connectivity index (χ2n) is 6.01. The molecule has 0 saturated carbocycles. The van der Waals surface area contributed by atoms with E-state index in [0.29, 0.717) is 17.8 Å². The number of fused-ring (bicyclic) bond motifs is 1. The summed E-state index contributed by atoms with van der Waals surface area (Å²) in [5, 5.41) is 10.4. The number of carbonyl (C=O) groups is 2. The highest BCUT2D eigenvalue weighted by atomic mass is 16.4. The number of hydrogen-bond acceptors (Lipinski definition) is 5. The molecule has 1 aliphatic heterocycles. The molecule has 0 bridgehead atoms. The lowest BCUT2D eigenvalue weighted by Gasteiger charge is -2.42. The molecule has 1 aromatic carbocycles. The van der Waals surface area contributed by atoms with Crippen LogP contribution in [0, 0.1) is 5.92 Å². The zero-order valence-electron chi connectivity index (χ0n) is 13.1. The summed E-state index contributed by atoms with van der Waals surface area (Å²) in [5.41, 5.74) is 7.04. The lowest BCUT2D eigenvalue weighted by Crippen LogP contribution is -2.65. The molecule has 3 N–H and O–H groups in total. The SMILES string of the molecule is Nc1cc(CC2C(=O)N(c3cc4ccccc4o3)C2C(=O)O)ccn1. The van der Waals surface area contributed by atoms with Gasteiger partial charge in [0.2, 0.25) is 11.8 Å². The van der Waals surface area contributed by atoms with Gasteiger partial charge in [-0.1, -0.05) is 18.2 Å². The van der Waals surface area contributed by atoms with E-state index in [4.69, 9.17) is 10.2 Å². The Bertz CT molecular complexity index is 948. The van der Waals surface area contributed by atoms with E-state index >= 15 is 0 Å². The Balaban J connectivity index is 1.64. The largest absolute Gasteiger partial charge is 0.480 e. The summed E-state index contributed by atoms with van der Waals surface area (Å²) >= 11 is 0. The molecular formula is C18H15N3O4. The van der Waals surface area contributed by atoms with Crippen LogP contribution in [-0.4, -0.2) is 28.0 Å². The molecule has 1 amide bonds. The normalized spacial score (nSPS) is 19.8. The highest BCUT2D eigenvalue weighted by Crippen LogP contribution is 2.37. The molecule has 25 heavy (non-hydrogen) atoms. The highest BCUT2D eigenvalue weighted by molar-refractivity contribution is 6.10. The molecule has 7 nitrogen and oxygen atoms in total. The Labute approximate surface area is 142 Å². The maximum absolute atomic E-state index is 12.6. The second-order valence-corrected chi connectivity index (χ2v) is 6.01. The van der Waals surface area contributed by atoms with Crippen molar-refractivity contribution >= 4 is 34.5 Å². The fourth-order valence-electron chi connectivity index (χ4n) is 3.24. The number of carboxylic acid groups (broad SMARTS) is 1. The number of anilines is 2. The van der Waals surface area contributed by atoms with Crippen LogP contribution in [0.3, 0.4) is 0 Å². The molecule has 3 heterocycles. The smallest absolute Gasteiger partial charge is 0.327 e. The zero-order chi connectivity index (χ0) is 17.6. The average Bonchev–Trinajstić information content (AvgIpc) is 3.00. The Kier molecular flexibility index (Phi) is 3.42. The minimum absolute atomic E-state index is 0.254. The molecule has 7 heteroatoms. The number of nitrogens with zero attached hydrogens (tertiary/aromatic N) is 2. The Morgan fingerprint density at radius 1 is 1.28 bits per heavy atom. The van der Waals surface area contributed by atoms with Crippen molar-refractivity contribution in [2.45, 2.75) is 12.5 Å². The molecule has 3 aromatic rings. The van der Waals surface area contributed by atoms with E-state index in [1.54, 1.807) is 30.5 Å². The van der Waals surface area contributed by atoms with Gasteiger partial charge in [0.1, 0.15) is 17.4 Å². The van der Waals surface area contributed by atoms with E-state index in [1.807, 2.05) is 18.2 Å². The van der Waals surface area contributed by atoms with Crippen molar-refractivity contribution in [2.75, 3.05) is 10.6 Å². The molecule has 0 spiro atoms. The van der Waals surface area contributed by atoms with Crippen LogP contribution in [0.2, 0.25) is 0 Å². The van der Waals surface area contributed by atoms with Crippen molar-refractivity contribution in [2.24, 2.45) is 5.92 Å². The maximum atomic E-state index is 12.6. The third-order valence-electron chi connectivity index (χ3n) is 4.42. The number of carbonyl (C=O) groups excluding carboxylic acids is 1. The van der Waals surface area contributed by atoms with Crippen molar-refractivity contribution in [3.63, 3.8) is 0 Å². The van der Waals surface area contributed by atoms with Crippen molar-refractivity contribution in [1.82, 2.24) is 4.98 Å². The molecule has 0 aliphatic carbocycles. The first kappa shape index (κ1) is 15.2. The van der Waals surface area contributed by atoms with Gasteiger partial charge in [-0.15, -0.1) is 0 Å². The summed E-state index contributed by atoms with van der Waals surface area (Å²) in [7, 11) is 0. The summed E-state index contributed by atoms with van der Waals surface area (Å²) < 4.78 is 5.65. The predicted molar refractivity (Wildman–Crippen MR) is 91.0 cm³/mol. The van der Waals surface area contributed by atoms with Crippen LogP contribution < -0.4 is 10.6 Å². The first-order valence-electron chi connectivity index (χ1n) is 7.79. The third-order valence-corrected chi connectivity index (χ3v) is 4.42. The van der Waals surface area contributed by atoms with E-state index in [-0.39, 0.29) is 11.8 Å². The van der Waals surface area contributed by atoms with Crippen LogP contribution in [0.15, 0.2) is 53.1 Å². The predicted octanol–water partition coefficient (Wildman–Crippen LogP) is 2.07. The minimum atomic E-state index is -1.06. The van der Waals surface area contributed by atoms with E-state index < -0.39 is 17.9 Å². The summed E-state index contributed by atoms with van der Waals surface area (Å²) in [6.45, 7) is 0. The van der Waals surface area contributed by atoms with Crippen molar-refractivity contribution in [3.05, 3.63) is 54.2 Å². The van der Waals surface area contributed by atoms with E-state index in [1.165, 1.54) is 4.90 Å². The summed E-state index contributed by atoms with van der Waals surface area (Å²) in [6.07, 6.45) is 1.83. The van der Waals surface area contributed by atoms with Crippen LogP contribution >= 0.6 is 0 Å². The van der Waals surface area contributed by atoms with Gasteiger partial charge in [-0.2, -0.15) is 0 Å². The second kappa shape index (κ2) is 5.62. The van der Waals surface area contributed by atoms with Crippen molar-refractivity contribution in [1.29, 1.82) is 0 Å². The lowest BCUT2D eigenvalue weighted by atomic mass is 9.82. The first-order valence-corrected chi connectivity index (χ1v) is 7.79. The zero-order valence-corrected chi connectivity index (χ0v) is 13.1. The number of furan rings is 1. The fourth-order valence-corrected chi connectivity index (χ4v) is 3.24. The number of benzene rings is 1. The van der Waals surface area contributed by atoms with Crippen molar-refractivity contribution < 1.29 is 19.1 Å². The third kappa shape index (κ3) is 2.50. The standard InChI is InChI=1S/C18H15N3O4/c19-14-8-10(5-6-20-14)7-12-16(18(23)24)21(17(12)22)15-9-11-3-1-2-4-13(11)25-15/h1-6,8-9,12,16H,7H2,(H2,19,20)(H,23,24). The van der Waals surface area contributed by atoms with Gasteiger partial charge in [0.15, 0.2) is 0 Å². The molecule has 2 unspecified atom stereocenters. The average molecular weight is 337 g/mol. The number of para-hydroxylation sites is 1. The van der Waals surface area contributed by atoms with Crippen LogP contribution in [0.25, 0.3) is 11.0 Å². The molecule has 2 atom stereocenters. The molecule has 2 aromatic heterocycles. The number of rotatable bonds is 4. The summed E-state index contributed by atoms with van der Waals surface area (Å²) in [4.78, 5) is 29.4. The van der Waals surface area contributed by atoms with Gasteiger partial charge in [-0.25, -0.2) is 9.78 Å². The quantitative estimate of drug-likeness (QED) is 0.705. The van der Waals surface area contributed by atoms with Gasteiger partial charge in [0.25, 0.3) is 0 Å². The Morgan fingerprint density at radius 3 is 2.80 bits per heavy atom. The molecule has 1 fully saturated rings. The monoisotopic (exact) mass is 337 g/mol.